The Morgan fingerprint density at radius 3 is 2.22 bits per heavy atom. The van der Waals surface area contributed by atoms with Gasteiger partial charge < -0.3 is 29.9 Å². The molecule has 0 radical (unpaired) electrons. The third kappa shape index (κ3) is 5.81. The number of hydrogen-bond donors (Lipinski definition) is 4. The van der Waals surface area contributed by atoms with Gasteiger partial charge in [-0.15, -0.1) is 0 Å². The monoisotopic (exact) mass is 578 g/mol. The molecule has 4 aliphatic carbocycles. The summed E-state index contributed by atoms with van der Waals surface area (Å²) in [6.07, 6.45) is 8.76. The Bertz CT molecular complexity index is 1070. The fourth-order valence-electron chi connectivity index (χ4n) is 8.12. The molecule has 0 amide bonds. The molecule has 5 aliphatic rings. The molecule has 4 fully saturated rings. The van der Waals surface area contributed by atoms with Crippen LogP contribution >= 0.6 is 0 Å². The molecule has 3 saturated carbocycles. The van der Waals surface area contributed by atoms with Gasteiger partial charge in [0.2, 0.25) is 0 Å². The number of hydrogen-bond acceptors (Lipinski definition) is 8. The van der Waals surface area contributed by atoms with E-state index in [-0.39, 0.29) is 47.6 Å². The van der Waals surface area contributed by atoms with E-state index in [1.807, 2.05) is 6.08 Å². The topological polar surface area (TPSA) is 168 Å². The van der Waals surface area contributed by atoms with Crippen molar-refractivity contribution in [2.45, 2.75) is 110 Å². The highest BCUT2D eigenvalue weighted by atomic mass is 16.7. The quantitative estimate of drug-likeness (QED) is 0.365. The second-order valence-corrected chi connectivity index (χ2v) is 12.2. The minimum absolute atomic E-state index is 0.0125. The van der Waals surface area contributed by atoms with Gasteiger partial charge in [0, 0.05) is 29.6 Å². The number of aliphatic hydroxyl groups is 2. The number of ketones is 2. The van der Waals surface area contributed by atoms with Crippen molar-refractivity contribution >= 4 is 23.5 Å². The molecule has 9 atom stereocenters. The average Bonchev–Trinajstić information content (AvgIpc) is 3.41. The van der Waals surface area contributed by atoms with Gasteiger partial charge in [-0.05, 0) is 56.1 Å². The maximum atomic E-state index is 13.2. The van der Waals surface area contributed by atoms with Gasteiger partial charge in [0.05, 0.1) is 12.2 Å². The van der Waals surface area contributed by atoms with Crippen LogP contribution in [0.1, 0.15) is 86.0 Å². The predicted molar refractivity (Wildman–Crippen MR) is 149 cm³/mol. The summed E-state index contributed by atoms with van der Waals surface area (Å²) >= 11 is 0. The first kappa shape index (κ1) is 33.1. The van der Waals surface area contributed by atoms with Crippen LogP contribution in [0.2, 0.25) is 0 Å². The Labute approximate surface area is 241 Å². The van der Waals surface area contributed by atoms with Crippen LogP contribution < -0.4 is 0 Å². The van der Waals surface area contributed by atoms with Crippen LogP contribution in [0.15, 0.2) is 23.8 Å². The second-order valence-electron chi connectivity index (χ2n) is 12.2. The number of allylic oxidation sites excluding steroid dienone is 4. The molecule has 0 aromatic heterocycles. The van der Waals surface area contributed by atoms with Gasteiger partial charge in [-0.2, -0.15) is 0 Å². The average molecular weight is 579 g/mol. The highest BCUT2D eigenvalue weighted by Gasteiger charge is 2.75. The first-order valence-electron chi connectivity index (χ1n) is 14.8. The van der Waals surface area contributed by atoms with Gasteiger partial charge in [-0.1, -0.05) is 52.7 Å². The first-order chi connectivity index (χ1) is 19.2. The van der Waals surface area contributed by atoms with Crippen molar-refractivity contribution in [3.63, 3.8) is 0 Å². The van der Waals surface area contributed by atoms with E-state index in [4.69, 9.17) is 19.7 Å². The number of fused-ring (bicyclic) bond motifs is 7. The minimum atomic E-state index is -1.20. The van der Waals surface area contributed by atoms with E-state index in [0.29, 0.717) is 19.3 Å². The number of ether oxygens (including phenoxy) is 2. The molecule has 4 N–H and O–H groups in total. The Balaban J connectivity index is 0.000000400. The van der Waals surface area contributed by atoms with Crippen molar-refractivity contribution in [3.05, 3.63) is 23.8 Å². The summed E-state index contributed by atoms with van der Waals surface area (Å²) in [5.41, 5.74) is -1.05. The van der Waals surface area contributed by atoms with Crippen molar-refractivity contribution in [1.82, 2.24) is 0 Å². The third-order valence-electron chi connectivity index (χ3n) is 9.98. The number of carbonyl (C=O) groups excluding carboxylic acids is 2. The molecule has 0 aromatic rings. The number of aliphatic hydroxyl groups excluding tert-OH is 2. The van der Waals surface area contributed by atoms with Crippen LogP contribution in [-0.4, -0.2) is 74.6 Å². The highest BCUT2D eigenvalue weighted by Crippen LogP contribution is 2.69. The number of carboxylic acid groups (broad SMARTS) is 2. The number of aliphatic carboxylic acids is 2. The van der Waals surface area contributed by atoms with Crippen LogP contribution in [0, 0.1) is 28.6 Å². The van der Waals surface area contributed by atoms with Crippen molar-refractivity contribution in [2.75, 3.05) is 6.61 Å². The van der Waals surface area contributed by atoms with Crippen LogP contribution in [0.3, 0.4) is 0 Å². The number of rotatable bonds is 6. The van der Waals surface area contributed by atoms with Gasteiger partial charge in [-0.25, -0.2) is 0 Å². The Morgan fingerprint density at radius 1 is 1.07 bits per heavy atom. The lowest BCUT2D eigenvalue weighted by Gasteiger charge is -2.59. The Hall–Kier alpha value is -2.40. The van der Waals surface area contributed by atoms with Crippen molar-refractivity contribution < 1.29 is 49.1 Å². The number of carboxylic acids is 2. The standard InChI is InChI=1S/C25H34O6.2C3H6O2/c1-4-5-21-30-20-11-17-16-7-6-14-10-15(27)8-9-23(14,2)22(16)18(28)12-24(17,3)25(20,31-21)19(29)13-26;2*1-2-3(4)5/h8-10,16-18,20-22,26,28H,4-7,11-13H2,1-3H3;2*2H2,1H3,(H,4,5)/t16-,17-,18-,20+,21?,22+,23-,24-,25+;;/m0../s1. The summed E-state index contributed by atoms with van der Waals surface area (Å²) in [6, 6.07) is 0. The maximum absolute atomic E-state index is 13.2. The zero-order valence-corrected chi connectivity index (χ0v) is 24.8. The molecule has 41 heavy (non-hydrogen) atoms. The first-order valence-corrected chi connectivity index (χ1v) is 14.8. The molecule has 5 rings (SSSR count). The summed E-state index contributed by atoms with van der Waals surface area (Å²) in [7, 11) is 0. The lowest BCUT2D eigenvalue weighted by Crippen LogP contribution is -2.63. The van der Waals surface area contributed by atoms with Gasteiger partial charge in [0.25, 0.3) is 0 Å². The normalized spacial score (nSPS) is 39.9. The van der Waals surface area contributed by atoms with E-state index < -0.39 is 48.1 Å². The van der Waals surface area contributed by atoms with E-state index in [0.717, 1.165) is 24.8 Å². The van der Waals surface area contributed by atoms with Gasteiger partial charge in [0.15, 0.2) is 23.5 Å². The fourth-order valence-corrected chi connectivity index (χ4v) is 8.12. The summed E-state index contributed by atoms with van der Waals surface area (Å²) in [6.45, 7) is 8.87. The molecule has 1 saturated heterocycles. The molecule has 0 aromatic carbocycles. The van der Waals surface area contributed by atoms with E-state index in [2.05, 4.69) is 20.8 Å². The van der Waals surface area contributed by atoms with Crippen molar-refractivity contribution in [2.24, 2.45) is 28.6 Å². The number of Topliss-reactive ketones (excluding diaryl/α,β-unsaturated/α-hetero) is 1. The second kappa shape index (κ2) is 12.9. The molecule has 0 spiro atoms. The molecule has 1 unspecified atom stereocenters. The molecule has 10 heteroatoms. The highest BCUT2D eigenvalue weighted by molar-refractivity contribution is 6.01. The third-order valence-corrected chi connectivity index (χ3v) is 9.98. The van der Waals surface area contributed by atoms with Crippen LogP contribution in [0.5, 0.6) is 0 Å². The van der Waals surface area contributed by atoms with Crippen LogP contribution in [-0.2, 0) is 28.7 Å². The minimum Gasteiger partial charge on any atom is -0.481 e. The zero-order valence-electron chi connectivity index (χ0n) is 24.8. The largest absolute Gasteiger partial charge is 0.481 e. The van der Waals surface area contributed by atoms with Crippen molar-refractivity contribution in [3.8, 4) is 0 Å². The van der Waals surface area contributed by atoms with E-state index in [1.54, 1.807) is 26.0 Å². The van der Waals surface area contributed by atoms with E-state index in [1.165, 1.54) is 0 Å². The van der Waals surface area contributed by atoms with Crippen LogP contribution in [0.4, 0.5) is 0 Å². The molecule has 230 valence electrons. The predicted octanol–water partition coefficient (Wildman–Crippen LogP) is 3.68. The Morgan fingerprint density at radius 2 is 1.68 bits per heavy atom. The summed E-state index contributed by atoms with van der Waals surface area (Å²) in [5, 5.41) is 36.9. The number of carbonyl (C=O) groups is 4. The van der Waals surface area contributed by atoms with Gasteiger partial charge in [0.1, 0.15) is 6.61 Å². The lowest BCUT2D eigenvalue weighted by molar-refractivity contribution is -0.200. The summed E-state index contributed by atoms with van der Waals surface area (Å²) in [5.74, 6) is -1.46. The lowest BCUT2D eigenvalue weighted by atomic mass is 9.46. The summed E-state index contributed by atoms with van der Waals surface area (Å²) in [4.78, 5) is 43.9. The molecular weight excluding hydrogens is 532 g/mol. The van der Waals surface area contributed by atoms with E-state index in [9.17, 15) is 29.4 Å². The SMILES string of the molecule is CCC(=O)O.CCC(=O)O.CCCC1O[C@@H]2C[C@H]3[C@@H]4CCC5=CC(=O)C=C[C@]5(C)[C@H]4[C@@H](O)C[C@]3(C)[C@]2(C(=O)CO)O1. The van der Waals surface area contributed by atoms with E-state index >= 15 is 0 Å². The van der Waals surface area contributed by atoms with Crippen molar-refractivity contribution in [1.29, 1.82) is 0 Å². The fraction of sp³-hybridized carbons (Fsp3) is 0.742. The van der Waals surface area contributed by atoms with Crippen LogP contribution in [0.25, 0.3) is 0 Å². The zero-order chi connectivity index (χ0) is 30.8. The smallest absolute Gasteiger partial charge is 0.303 e. The molecule has 10 nitrogen and oxygen atoms in total. The molecular formula is C31H46O10. The van der Waals surface area contributed by atoms with Gasteiger partial charge in [-0.3, -0.25) is 19.2 Å². The van der Waals surface area contributed by atoms with Gasteiger partial charge >= 0.3 is 11.9 Å². The molecule has 1 heterocycles. The summed E-state index contributed by atoms with van der Waals surface area (Å²) < 4.78 is 12.7. The maximum Gasteiger partial charge on any atom is 0.303 e. The molecule has 1 aliphatic heterocycles. The Kier molecular flexibility index (Phi) is 10.4. The molecule has 0 bridgehead atoms.